The number of rotatable bonds is 6. The van der Waals surface area contributed by atoms with Crippen LogP contribution >= 0.6 is 23.2 Å². The van der Waals surface area contributed by atoms with Crippen LogP contribution in [-0.2, 0) is 10.0 Å². The van der Waals surface area contributed by atoms with Crippen LogP contribution in [0.25, 0.3) is 0 Å². The van der Waals surface area contributed by atoms with E-state index in [4.69, 9.17) is 32.7 Å². The van der Waals surface area contributed by atoms with Crippen LogP contribution in [0.15, 0.2) is 35.2 Å². The summed E-state index contributed by atoms with van der Waals surface area (Å²) in [6, 6.07) is 6.45. The highest BCUT2D eigenvalue weighted by Gasteiger charge is 2.24. The lowest BCUT2D eigenvalue weighted by atomic mass is 10.1. The number of hydrogen-bond donors (Lipinski definition) is 2. The van der Waals surface area contributed by atoms with Crippen LogP contribution in [0.5, 0.6) is 11.5 Å². The van der Waals surface area contributed by atoms with E-state index in [1.54, 1.807) is 0 Å². The Kier molecular flexibility index (Phi) is 5.66. The minimum atomic E-state index is -4.19. The van der Waals surface area contributed by atoms with E-state index in [9.17, 15) is 18.3 Å². The second-order valence-corrected chi connectivity index (χ2v) is 7.15. The Labute approximate surface area is 154 Å². The van der Waals surface area contributed by atoms with Gasteiger partial charge < -0.3 is 14.6 Å². The van der Waals surface area contributed by atoms with Gasteiger partial charge in [0, 0.05) is 12.1 Å². The van der Waals surface area contributed by atoms with Crippen molar-refractivity contribution in [2.45, 2.75) is 4.90 Å². The number of hydrogen-bond acceptors (Lipinski definition) is 5. The Morgan fingerprint density at radius 2 is 1.72 bits per heavy atom. The van der Waals surface area contributed by atoms with E-state index < -0.39 is 16.0 Å². The molecule has 134 valence electrons. The molecule has 0 aliphatic carbocycles. The van der Waals surface area contributed by atoms with Crippen LogP contribution in [0.4, 0.5) is 5.69 Å². The molecule has 0 aliphatic rings. The highest BCUT2D eigenvalue weighted by molar-refractivity contribution is 7.92. The molecule has 0 amide bonds. The van der Waals surface area contributed by atoms with E-state index in [1.165, 1.54) is 38.5 Å². The van der Waals surface area contributed by atoms with Crippen molar-refractivity contribution in [3.05, 3.63) is 45.9 Å². The zero-order valence-corrected chi connectivity index (χ0v) is 15.4. The van der Waals surface area contributed by atoms with Crippen molar-refractivity contribution in [1.29, 1.82) is 0 Å². The summed E-state index contributed by atoms with van der Waals surface area (Å²) in [4.78, 5) is 11.2. The Bertz CT molecular complexity index is 930. The van der Waals surface area contributed by atoms with Crippen LogP contribution < -0.4 is 14.2 Å². The quantitative estimate of drug-likeness (QED) is 0.761. The van der Waals surface area contributed by atoms with E-state index in [-0.39, 0.29) is 37.7 Å². The lowest BCUT2D eigenvalue weighted by Crippen LogP contribution is -2.16. The number of benzene rings is 2. The van der Waals surface area contributed by atoms with Gasteiger partial charge in [0.15, 0.2) is 11.5 Å². The number of aromatic carboxylic acids is 1. The maximum atomic E-state index is 12.6. The largest absolute Gasteiger partial charge is 0.493 e. The monoisotopic (exact) mass is 405 g/mol. The molecule has 0 saturated carbocycles. The van der Waals surface area contributed by atoms with Crippen LogP contribution in [0.2, 0.25) is 10.0 Å². The summed E-state index contributed by atoms with van der Waals surface area (Å²) in [5.74, 6) is -1.05. The van der Waals surface area contributed by atoms with E-state index in [0.29, 0.717) is 0 Å². The van der Waals surface area contributed by atoms with Gasteiger partial charge in [0.25, 0.3) is 10.0 Å². The molecule has 25 heavy (non-hydrogen) atoms. The van der Waals surface area contributed by atoms with Crippen molar-refractivity contribution in [1.82, 2.24) is 0 Å². The van der Waals surface area contributed by atoms with Gasteiger partial charge in [-0.3, -0.25) is 4.72 Å². The van der Waals surface area contributed by atoms with Gasteiger partial charge in [-0.1, -0.05) is 29.3 Å². The second-order valence-electron chi connectivity index (χ2n) is 4.72. The highest BCUT2D eigenvalue weighted by atomic mass is 35.5. The summed E-state index contributed by atoms with van der Waals surface area (Å²) in [5.41, 5.74) is -0.527. The topological polar surface area (TPSA) is 102 Å². The summed E-state index contributed by atoms with van der Waals surface area (Å²) in [6.45, 7) is 0. The number of halogens is 2. The number of ether oxygens (including phenoxy) is 2. The minimum Gasteiger partial charge on any atom is -0.493 e. The maximum absolute atomic E-state index is 12.6. The molecule has 0 spiro atoms. The smallest absolute Gasteiger partial charge is 0.337 e. The molecule has 0 heterocycles. The van der Waals surface area contributed by atoms with Crippen LogP contribution in [0, 0.1) is 0 Å². The lowest BCUT2D eigenvalue weighted by Gasteiger charge is -2.15. The van der Waals surface area contributed by atoms with E-state index >= 15 is 0 Å². The minimum absolute atomic E-state index is 0.0512. The predicted octanol–water partition coefficient (Wildman–Crippen LogP) is 3.51. The summed E-state index contributed by atoms with van der Waals surface area (Å²) in [7, 11) is -1.52. The molecular weight excluding hydrogens is 393 g/mol. The Morgan fingerprint density at radius 1 is 1.12 bits per heavy atom. The number of anilines is 1. The lowest BCUT2D eigenvalue weighted by molar-refractivity contribution is 0.0697. The fourth-order valence-electron chi connectivity index (χ4n) is 2.03. The number of carbonyl (C=O) groups is 1. The van der Waals surface area contributed by atoms with Gasteiger partial charge in [-0.15, -0.1) is 0 Å². The number of nitrogens with one attached hydrogen (secondary N) is 1. The van der Waals surface area contributed by atoms with Crippen molar-refractivity contribution in [3.8, 4) is 11.5 Å². The summed E-state index contributed by atoms with van der Waals surface area (Å²) < 4.78 is 37.5. The molecule has 0 unspecified atom stereocenters. The fraction of sp³-hybridized carbons (Fsp3) is 0.133. The van der Waals surface area contributed by atoms with Gasteiger partial charge in [0.1, 0.15) is 4.90 Å². The third kappa shape index (κ3) is 3.92. The first-order valence-corrected chi connectivity index (χ1v) is 8.91. The first-order valence-electron chi connectivity index (χ1n) is 6.67. The van der Waals surface area contributed by atoms with Gasteiger partial charge in [0.05, 0.1) is 35.5 Å². The van der Waals surface area contributed by atoms with E-state index in [0.717, 1.165) is 6.07 Å². The molecular formula is C15H13Cl2NO6S. The normalized spacial score (nSPS) is 11.0. The van der Waals surface area contributed by atoms with Crippen molar-refractivity contribution in [2.24, 2.45) is 0 Å². The third-order valence-electron chi connectivity index (χ3n) is 3.20. The Hall–Kier alpha value is -2.16. The molecule has 0 saturated heterocycles. The molecule has 0 bridgehead atoms. The second kappa shape index (κ2) is 7.38. The first-order chi connectivity index (χ1) is 11.7. The van der Waals surface area contributed by atoms with Crippen LogP contribution in [0.3, 0.4) is 0 Å². The molecule has 2 aromatic carbocycles. The predicted molar refractivity (Wildman–Crippen MR) is 93.8 cm³/mol. The molecule has 10 heteroatoms. The number of carboxylic acid groups (broad SMARTS) is 1. The number of methoxy groups -OCH3 is 2. The van der Waals surface area contributed by atoms with Crippen molar-refractivity contribution < 1.29 is 27.8 Å². The van der Waals surface area contributed by atoms with Gasteiger partial charge in [-0.05, 0) is 12.1 Å². The van der Waals surface area contributed by atoms with Gasteiger partial charge >= 0.3 is 5.97 Å². The SMILES string of the molecule is COc1cc(NS(=O)(=O)c2cccc(Cl)c2Cl)c(C(=O)O)cc1OC. The Morgan fingerprint density at radius 3 is 2.28 bits per heavy atom. The van der Waals surface area contributed by atoms with Crippen molar-refractivity contribution >= 4 is 44.9 Å². The van der Waals surface area contributed by atoms with Gasteiger partial charge in [-0.25, -0.2) is 13.2 Å². The number of sulfonamides is 1. The average molecular weight is 406 g/mol. The van der Waals surface area contributed by atoms with E-state index in [1.807, 2.05) is 0 Å². The Balaban J connectivity index is 2.58. The molecule has 0 atom stereocenters. The third-order valence-corrected chi connectivity index (χ3v) is 5.54. The summed E-state index contributed by atoms with van der Waals surface area (Å²) in [5, 5.41) is 9.22. The van der Waals surface area contributed by atoms with Crippen LogP contribution in [-0.4, -0.2) is 33.7 Å². The molecule has 7 nitrogen and oxygen atoms in total. The maximum Gasteiger partial charge on any atom is 0.337 e. The number of carboxylic acids is 1. The highest BCUT2D eigenvalue weighted by Crippen LogP contribution is 2.36. The molecule has 2 N–H and O–H groups in total. The standard InChI is InChI=1S/C15H13Cl2NO6S/c1-23-11-6-8(15(19)20)10(7-12(11)24-2)18-25(21,22)13-5-3-4-9(16)14(13)17/h3-7,18H,1-2H3,(H,19,20). The zero-order chi connectivity index (χ0) is 18.8. The summed E-state index contributed by atoms with van der Waals surface area (Å²) in [6.07, 6.45) is 0. The molecule has 0 aromatic heterocycles. The molecule has 0 radical (unpaired) electrons. The van der Waals surface area contributed by atoms with Gasteiger partial charge in [-0.2, -0.15) is 0 Å². The van der Waals surface area contributed by atoms with E-state index in [2.05, 4.69) is 4.72 Å². The van der Waals surface area contributed by atoms with Crippen LogP contribution in [0.1, 0.15) is 10.4 Å². The van der Waals surface area contributed by atoms with Crippen molar-refractivity contribution in [3.63, 3.8) is 0 Å². The molecule has 0 aliphatic heterocycles. The fourth-order valence-corrected chi connectivity index (χ4v) is 3.86. The average Bonchev–Trinajstić information content (AvgIpc) is 2.56. The van der Waals surface area contributed by atoms with Gasteiger partial charge in [0.2, 0.25) is 0 Å². The van der Waals surface area contributed by atoms with Crippen molar-refractivity contribution in [2.75, 3.05) is 18.9 Å². The zero-order valence-electron chi connectivity index (χ0n) is 13.0. The molecule has 2 rings (SSSR count). The summed E-state index contributed by atoms with van der Waals surface area (Å²) >= 11 is 11.8. The molecule has 2 aromatic rings. The first kappa shape index (κ1) is 19.2. The molecule has 0 fully saturated rings.